The standard InChI is InChI=1S/C12H10BBrO2.C12H18BNO4.C12H11BO2.C11H17BO3.C10H15BO2.C7H6BF3O3.C7H7BF2O3.C6H7BFNO2.C5H4BCl2NO2.H2O/c14-12-7-3-10(4-8-12)9-1-5-11(6-2-9)13(15)16;1-12(2,3)18-11(15)14-8-9-4-6-10(7-5-9)13(16)17;14-13(15)12-8-6-11(7-9-12)10-4-2-1-3-5-10;1-11(2,3)15-8-9-4-6-10(7-5-9)12(13)14;1-10(2,3)8-4-6-9(7-5-8)11(12)13;9-7(10,11)14-6-3-1-5(2-4-6)8(12)13;1-13-7-3-5(9)4(8(11)12)2-6(7)10;1-4-2-5(7(10)11)3-9-6(4)8;7-4-1-5(8)9-2-3(4)6(10)11;/h1-8,15-16H;4-7,16-17H,8H2,1-3H3,(H,14,15);1-9,14-15H;4-7,13-14H,8H2,1-3H3;4-7,12-13H,1-3H3;1-4,12-13H;2-3,11-12H,1H3;2-3,10-11H,1H3;1-2,10-11H;1H2. The van der Waals surface area contributed by atoms with Gasteiger partial charge in [0.25, 0.3) is 0 Å². The summed E-state index contributed by atoms with van der Waals surface area (Å²) in [5.41, 5.74) is 9.53. The van der Waals surface area contributed by atoms with Crippen LogP contribution < -0.4 is 64.0 Å². The van der Waals surface area contributed by atoms with E-state index >= 15 is 0 Å². The summed E-state index contributed by atoms with van der Waals surface area (Å²) >= 11 is 14.4. The number of benzene rings is 9. The zero-order chi connectivity index (χ0) is 95.1. The van der Waals surface area contributed by atoms with Crippen molar-refractivity contribution in [2.24, 2.45) is 0 Å². The summed E-state index contributed by atoms with van der Waals surface area (Å²) in [5.74, 6) is -3.03. The fourth-order valence-electron chi connectivity index (χ4n) is 9.57. The Labute approximate surface area is 753 Å². The van der Waals surface area contributed by atoms with E-state index < -0.39 is 111 Å². The number of halogens is 9. The molecule has 0 aliphatic rings. The van der Waals surface area contributed by atoms with Crippen molar-refractivity contribution in [1.82, 2.24) is 15.3 Å². The predicted molar refractivity (Wildman–Crippen MR) is 488 cm³/mol. The Morgan fingerprint density at radius 1 is 0.433 bits per heavy atom. The Balaban J connectivity index is 0.000000485. The number of hydrogen-bond acceptors (Lipinski definition) is 25. The van der Waals surface area contributed by atoms with Crippen LogP contribution in [0.2, 0.25) is 10.2 Å². The highest BCUT2D eigenvalue weighted by atomic mass is 79.9. The number of alkyl halides is 3. The highest BCUT2D eigenvalue weighted by Gasteiger charge is 2.31. The molecular formula is C82H97B9BrCl2F6N3O24. The van der Waals surface area contributed by atoms with E-state index in [-0.39, 0.29) is 48.8 Å². The van der Waals surface area contributed by atoms with E-state index in [0.717, 1.165) is 74.4 Å². The maximum atomic E-state index is 12.9. The summed E-state index contributed by atoms with van der Waals surface area (Å²) < 4.78 is 93.1. The second-order valence-electron chi connectivity index (χ2n) is 29.6. The molecular weight excluding hydrogens is 1770 g/mol. The average molecular weight is 1870 g/mol. The first-order chi connectivity index (χ1) is 58.7. The summed E-state index contributed by atoms with van der Waals surface area (Å²) in [7, 11) is -12.8. The number of amides is 1. The number of carbonyl (C=O) groups is 1. The summed E-state index contributed by atoms with van der Waals surface area (Å²) in [4.78, 5) is 18.3. The lowest BCUT2D eigenvalue weighted by Gasteiger charge is -2.19. The van der Waals surface area contributed by atoms with Crippen LogP contribution in [0.15, 0.2) is 241 Å². The number of hydrogen-bond donors (Lipinski definition) is 19. The lowest BCUT2D eigenvalue weighted by Crippen LogP contribution is -2.33. The molecule has 127 heavy (non-hydrogen) atoms. The van der Waals surface area contributed by atoms with Crippen LogP contribution in [0.25, 0.3) is 22.3 Å². The number of rotatable bonds is 17. The Morgan fingerprint density at radius 3 is 1.17 bits per heavy atom. The molecule has 674 valence electrons. The third kappa shape index (κ3) is 45.4. The van der Waals surface area contributed by atoms with Gasteiger partial charge in [0.05, 0.1) is 19.3 Å². The largest absolute Gasteiger partial charge is 0.573 e. The quantitative estimate of drug-likeness (QED) is 0.0354. The Hall–Kier alpha value is -9.43. The van der Waals surface area contributed by atoms with Gasteiger partial charge in [0.2, 0.25) is 5.95 Å². The second-order valence-corrected chi connectivity index (χ2v) is 31.3. The van der Waals surface area contributed by atoms with Crippen LogP contribution in [0.1, 0.15) is 84.6 Å². The number of aryl methyl sites for hydroxylation is 1. The van der Waals surface area contributed by atoms with Crippen LogP contribution >= 0.6 is 39.1 Å². The molecule has 2 heterocycles. The highest BCUT2D eigenvalue weighted by Crippen LogP contribution is 2.25. The van der Waals surface area contributed by atoms with Crippen LogP contribution in [0.4, 0.5) is 31.1 Å². The molecule has 2 aromatic heterocycles. The number of nitrogens with zero attached hydrogens (tertiary/aromatic N) is 2. The molecule has 11 rings (SSSR count). The van der Waals surface area contributed by atoms with Gasteiger partial charge in [-0.2, -0.15) is 4.39 Å². The van der Waals surface area contributed by atoms with E-state index in [4.69, 9.17) is 123 Å². The Kier molecular flexibility index (Phi) is 49.6. The predicted octanol–water partition coefficient (Wildman–Crippen LogP) is 2.94. The minimum atomic E-state index is -4.74. The summed E-state index contributed by atoms with van der Waals surface area (Å²) in [6.45, 7) is 20.1. The van der Waals surface area contributed by atoms with Gasteiger partial charge in [-0.25, -0.2) is 23.5 Å². The van der Waals surface area contributed by atoms with Crippen LogP contribution in [0.5, 0.6) is 11.5 Å². The first kappa shape index (κ1) is 114. The van der Waals surface area contributed by atoms with Crippen molar-refractivity contribution in [2.45, 2.75) is 105 Å². The van der Waals surface area contributed by atoms with E-state index in [1.165, 1.54) is 37.9 Å². The number of ether oxygens (including phenoxy) is 4. The minimum Gasteiger partial charge on any atom is -0.494 e. The van der Waals surface area contributed by atoms with Gasteiger partial charge in [-0.15, -0.1) is 13.2 Å². The second kappa shape index (κ2) is 55.5. The molecule has 21 N–H and O–H groups in total. The van der Waals surface area contributed by atoms with E-state index in [9.17, 15) is 31.1 Å². The van der Waals surface area contributed by atoms with Gasteiger partial charge >= 0.3 is 76.5 Å². The maximum absolute atomic E-state index is 12.9. The third-order valence-corrected chi connectivity index (χ3v) is 17.3. The normalized spacial score (nSPS) is 10.5. The monoisotopic (exact) mass is 1870 g/mol. The van der Waals surface area contributed by atoms with Gasteiger partial charge in [0, 0.05) is 56.5 Å². The van der Waals surface area contributed by atoms with Crippen molar-refractivity contribution >= 4 is 158 Å². The fourth-order valence-corrected chi connectivity index (χ4v) is 10.3. The third-order valence-electron chi connectivity index (χ3n) is 16.3. The highest BCUT2D eigenvalue weighted by molar-refractivity contribution is 9.10. The van der Waals surface area contributed by atoms with E-state index in [0.29, 0.717) is 52.1 Å². The number of alkyl carbamates (subject to hydrolysis) is 1. The summed E-state index contributed by atoms with van der Waals surface area (Å²) in [6.07, 6.45) is -2.91. The van der Waals surface area contributed by atoms with Gasteiger partial charge in [0.1, 0.15) is 22.3 Å². The van der Waals surface area contributed by atoms with Crippen LogP contribution in [-0.2, 0) is 28.0 Å². The number of pyridine rings is 2. The van der Waals surface area contributed by atoms with E-state index in [2.05, 4.69) is 61.5 Å². The lowest BCUT2D eigenvalue weighted by atomic mass is 9.78. The molecule has 0 fully saturated rings. The molecule has 0 radical (unpaired) electrons. The molecule has 0 spiro atoms. The zero-order valence-corrected chi connectivity index (χ0v) is 73.6. The average Bonchev–Trinajstić information content (AvgIpc) is 0.824. The molecule has 0 aliphatic carbocycles. The molecule has 0 saturated carbocycles. The van der Waals surface area contributed by atoms with Crippen molar-refractivity contribution in [2.75, 3.05) is 7.11 Å². The topological polar surface area (TPSA) is 487 Å². The van der Waals surface area contributed by atoms with Crippen molar-refractivity contribution in [3.63, 3.8) is 0 Å². The van der Waals surface area contributed by atoms with Gasteiger partial charge < -0.3 is 120 Å². The number of methoxy groups -OCH3 is 1. The smallest absolute Gasteiger partial charge is 0.494 e. The molecule has 0 atom stereocenters. The van der Waals surface area contributed by atoms with Gasteiger partial charge in [-0.3, -0.25) is 0 Å². The number of nitrogens with one attached hydrogen (secondary N) is 1. The number of aromatic nitrogens is 2. The molecule has 0 unspecified atom stereocenters. The summed E-state index contributed by atoms with van der Waals surface area (Å²) in [5, 5.41) is 161. The molecule has 0 saturated heterocycles. The Morgan fingerprint density at radius 2 is 0.811 bits per heavy atom. The molecule has 0 aliphatic heterocycles. The molecule has 45 heteroatoms. The van der Waals surface area contributed by atoms with E-state index in [1.807, 2.05) is 124 Å². The Bertz CT molecular complexity index is 5000. The fraction of sp³-hybridized carbons (Fsp3) is 0.207. The first-order valence-electron chi connectivity index (χ1n) is 37.6. The first-order valence-corrected chi connectivity index (χ1v) is 39.2. The lowest BCUT2D eigenvalue weighted by molar-refractivity contribution is -0.274. The zero-order valence-electron chi connectivity index (χ0n) is 70.5. The van der Waals surface area contributed by atoms with Crippen molar-refractivity contribution in [3.05, 3.63) is 291 Å². The van der Waals surface area contributed by atoms with Gasteiger partial charge in [-0.05, 0) is 162 Å². The summed E-state index contributed by atoms with van der Waals surface area (Å²) in [6, 6.07) is 61.7. The van der Waals surface area contributed by atoms with Crippen LogP contribution in [0, 0.1) is 24.5 Å². The molecule has 27 nitrogen and oxygen atoms in total. The van der Waals surface area contributed by atoms with Crippen molar-refractivity contribution in [1.29, 1.82) is 0 Å². The number of carbonyl (C=O) groups excluding carboxylic acids is 1. The molecule has 0 bridgehead atoms. The maximum Gasteiger partial charge on any atom is 0.573 e. The minimum absolute atomic E-state index is 0. The van der Waals surface area contributed by atoms with Crippen molar-refractivity contribution in [3.8, 4) is 33.8 Å². The SMILES string of the molecule is CC(C)(C)OC(=O)NCc1ccc(B(O)O)cc1.CC(C)(C)OCc1ccc(B(O)O)cc1.CC(C)(C)c1ccc(B(O)O)cc1.COc1cc(F)c(B(O)O)cc1F.Cc1cc(B(O)O)cnc1F.O.OB(O)c1ccc(-c2ccc(Br)cc2)cc1.OB(O)c1ccc(-c2ccccc2)cc1.OB(O)c1ccc(OC(F)(F)F)cc1.OB(O)c1cnc(Cl)cc1Cl. The molecule has 11 aromatic rings. The van der Waals surface area contributed by atoms with Crippen LogP contribution in [0.3, 0.4) is 0 Å². The van der Waals surface area contributed by atoms with Crippen LogP contribution in [-0.4, -0.2) is 201 Å². The van der Waals surface area contributed by atoms with Gasteiger partial charge in [0.15, 0.2) is 11.6 Å². The molecule has 9 aromatic carbocycles. The van der Waals surface area contributed by atoms with Crippen molar-refractivity contribution < 1.29 is 146 Å². The van der Waals surface area contributed by atoms with Gasteiger partial charge in [-0.1, -0.05) is 242 Å². The molecule has 1 amide bonds. The van der Waals surface area contributed by atoms with E-state index in [1.54, 1.807) is 93.6 Å².